The quantitative estimate of drug-likeness (QED) is 0.728. The molecule has 0 N–H and O–H groups in total. The monoisotopic (exact) mass is 349 g/mol. The molecule has 1 saturated heterocycles. The second-order valence-corrected chi connectivity index (χ2v) is 6.76. The minimum Gasteiger partial charge on any atom is -0.454 e. The van der Waals surface area contributed by atoms with Crippen LogP contribution in [-0.2, 0) is 6.67 Å². The maximum absolute atomic E-state index is 12.8. The van der Waals surface area contributed by atoms with Crippen LogP contribution in [0.4, 0.5) is 0 Å². The normalized spacial score (nSPS) is 19.3. The van der Waals surface area contributed by atoms with E-state index in [1.165, 1.54) is 5.56 Å². The van der Waals surface area contributed by atoms with E-state index in [4.69, 9.17) is 9.47 Å². The first-order valence-electron chi connectivity index (χ1n) is 8.88. The highest BCUT2D eigenvalue weighted by Crippen LogP contribution is 2.38. The maximum atomic E-state index is 12.8. The largest absolute Gasteiger partial charge is 0.454 e. The van der Waals surface area contributed by atoms with Crippen molar-refractivity contribution in [2.75, 3.05) is 13.3 Å². The van der Waals surface area contributed by atoms with Crippen molar-refractivity contribution in [1.29, 1.82) is 0 Å². The molecular formula is C20H19N3O3. The smallest absolute Gasteiger partial charge is 0.275 e. The van der Waals surface area contributed by atoms with Gasteiger partial charge in [0.2, 0.25) is 6.79 Å². The summed E-state index contributed by atoms with van der Waals surface area (Å²) < 4.78 is 12.5. The van der Waals surface area contributed by atoms with Gasteiger partial charge in [-0.15, -0.1) is 0 Å². The van der Waals surface area contributed by atoms with Crippen molar-refractivity contribution in [3.63, 3.8) is 0 Å². The van der Waals surface area contributed by atoms with Crippen molar-refractivity contribution in [2.24, 2.45) is 0 Å². The molecule has 2 aliphatic rings. The van der Waals surface area contributed by atoms with Crippen LogP contribution in [0.1, 0.15) is 24.4 Å². The van der Waals surface area contributed by atoms with Gasteiger partial charge in [-0.2, -0.15) is 5.10 Å². The van der Waals surface area contributed by atoms with Crippen LogP contribution < -0.4 is 15.0 Å². The van der Waals surface area contributed by atoms with Gasteiger partial charge >= 0.3 is 0 Å². The molecule has 0 bridgehead atoms. The van der Waals surface area contributed by atoms with E-state index in [2.05, 4.69) is 22.1 Å². The third-order valence-corrected chi connectivity index (χ3v) is 5.22. The first-order chi connectivity index (χ1) is 12.8. The molecule has 1 aromatic heterocycles. The Hall–Kier alpha value is -2.86. The van der Waals surface area contributed by atoms with Gasteiger partial charge in [0.05, 0.1) is 18.3 Å². The van der Waals surface area contributed by atoms with Gasteiger partial charge < -0.3 is 9.47 Å². The van der Waals surface area contributed by atoms with Crippen molar-refractivity contribution in [1.82, 2.24) is 14.7 Å². The Bertz CT molecular complexity index is 1030. The van der Waals surface area contributed by atoms with Crippen molar-refractivity contribution < 1.29 is 9.47 Å². The number of hydrogen-bond acceptors (Lipinski definition) is 5. The molecule has 0 spiro atoms. The van der Waals surface area contributed by atoms with E-state index in [0.29, 0.717) is 12.1 Å². The number of ether oxygens (including phenoxy) is 2. The summed E-state index contributed by atoms with van der Waals surface area (Å²) in [5.41, 5.74) is 1.15. The van der Waals surface area contributed by atoms with E-state index in [0.717, 1.165) is 36.3 Å². The number of likely N-dealkylation sites (tertiary alicyclic amines) is 1. The molecule has 0 unspecified atom stereocenters. The van der Waals surface area contributed by atoms with Crippen molar-refractivity contribution in [2.45, 2.75) is 25.6 Å². The number of rotatable bonds is 3. The van der Waals surface area contributed by atoms with E-state index < -0.39 is 0 Å². The van der Waals surface area contributed by atoms with Gasteiger partial charge in [-0.05, 0) is 36.6 Å². The molecule has 3 heterocycles. The Labute approximate surface area is 150 Å². The number of benzene rings is 2. The molecule has 2 aromatic carbocycles. The average molecular weight is 349 g/mol. The summed E-state index contributed by atoms with van der Waals surface area (Å²) >= 11 is 0. The molecule has 6 heteroatoms. The Morgan fingerprint density at radius 2 is 2.00 bits per heavy atom. The van der Waals surface area contributed by atoms with Crippen LogP contribution in [0.2, 0.25) is 0 Å². The van der Waals surface area contributed by atoms with Crippen molar-refractivity contribution in [3.05, 3.63) is 64.6 Å². The molecule has 1 fully saturated rings. The van der Waals surface area contributed by atoms with Crippen LogP contribution in [0.3, 0.4) is 0 Å². The number of nitrogens with zero attached hydrogens (tertiary/aromatic N) is 3. The Morgan fingerprint density at radius 1 is 1.12 bits per heavy atom. The van der Waals surface area contributed by atoms with Gasteiger partial charge in [0, 0.05) is 18.0 Å². The summed E-state index contributed by atoms with van der Waals surface area (Å²) in [5, 5.41) is 5.96. The van der Waals surface area contributed by atoms with E-state index in [1.807, 2.05) is 30.3 Å². The highest BCUT2D eigenvalue weighted by Gasteiger charge is 2.28. The van der Waals surface area contributed by atoms with Gasteiger partial charge in [0.1, 0.15) is 0 Å². The molecule has 1 atom stereocenters. The van der Waals surface area contributed by atoms with Gasteiger partial charge in [-0.25, -0.2) is 4.68 Å². The number of hydrogen-bond donors (Lipinski definition) is 0. The molecular weight excluding hydrogens is 330 g/mol. The van der Waals surface area contributed by atoms with E-state index in [1.54, 1.807) is 10.9 Å². The van der Waals surface area contributed by atoms with Crippen molar-refractivity contribution in [3.8, 4) is 11.5 Å². The lowest BCUT2D eigenvalue weighted by atomic mass is 10.0. The molecule has 0 radical (unpaired) electrons. The lowest BCUT2D eigenvalue weighted by molar-refractivity contribution is 0.173. The predicted molar refractivity (Wildman–Crippen MR) is 97.2 cm³/mol. The lowest BCUT2D eigenvalue weighted by Gasteiger charge is -2.25. The molecule has 26 heavy (non-hydrogen) atoms. The zero-order valence-corrected chi connectivity index (χ0v) is 14.3. The zero-order chi connectivity index (χ0) is 17.5. The molecule has 5 rings (SSSR count). The van der Waals surface area contributed by atoms with Gasteiger partial charge in [-0.1, -0.05) is 24.3 Å². The predicted octanol–water partition coefficient (Wildman–Crippen LogP) is 2.92. The minimum absolute atomic E-state index is 0.0422. The van der Waals surface area contributed by atoms with Crippen LogP contribution in [0, 0.1) is 0 Å². The molecule has 0 aliphatic carbocycles. The summed E-state index contributed by atoms with van der Waals surface area (Å²) in [6.07, 6.45) is 3.92. The highest BCUT2D eigenvalue weighted by atomic mass is 16.7. The summed E-state index contributed by atoms with van der Waals surface area (Å²) in [6.45, 7) is 1.71. The Morgan fingerprint density at radius 3 is 2.96 bits per heavy atom. The third-order valence-electron chi connectivity index (χ3n) is 5.22. The average Bonchev–Trinajstić information content (AvgIpc) is 3.32. The fraction of sp³-hybridized carbons (Fsp3) is 0.300. The van der Waals surface area contributed by atoms with Gasteiger partial charge in [0.15, 0.2) is 11.5 Å². The summed E-state index contributed by atoms with van der Waals surface area (Å²) in [4.78, 5) is 15.1. The Balaban J connectivity index is 1.45. The fourth-order valence-corrected chi connectivity index (χ4v) is 3.89. The molecule has 0 saturated carbocycles. The molecule has 3 aromatic rings. The maximum Gasteiger partial charge on any atom is 0.275 e. The third kappa shape index (κ3) is 2.54. The van der Waals surface area contributed by atoms with Crippen LogP contribution >= 0.6 is 0 Å². The van der Waals surface area contributed by atoms with Crippen LogP contribution in [0.25, 0.3) is 10.8 Å². The van der Waals surface area contributed by atoms with Gasteiger partial charge in [0.25, 0.3) is 5.56 Å². The standard InChI is InChI=1S/C20H19N3O3/c24-20-16-5-2-1-4-15(16)11-21-23(20)12-22-9-3-6-17(22)14-7-8-18-19(10-14)26-13-25-18/h1-2,4-5,7-8,10-11,17H,3,6,9,12-13H2/t17-/m1/s1. The number of fused-ring (bicyclic) bond motifs is 2. The van der Waals surface area contributed by atoms with E-state index in [-0.39, 0.29) is 18.4 Å². The lowest BCUT2D eigenvalue weighted by Crippen LogP contribution is -2.33. The first-order valence-corrected chi connectivity index (χ1v) is 8.88. The summed E-state index contributed by atoms with van der Waals surface area (Å²) in [6, 6.07) is 14.0. The van der Waals surface area contributed by atoms with Gasteiger partial charge in [-0.3, -0.25) is 9.69 Å². The van der Waals surface area contributed by atoms with Crippen LogP contribution in [0.5, 0.6) is 11.5 Å². The second kappa shape index (κ2) is 6.14. The minimum atomic E-state index is -0.0422. The van der Waals surface area contributed by atoms with Crippen molar-refractivity contribution >= 4 is 10.8 Å². The van der Waals surface area contributed by atoms with Crippen LogP contribution in [-0.4, -0.2) is 28.0 Å². The zero-order valence-electron chi connectivity index (χ0n) is 14.3. The topological polar surface area (TPSA) is 56.6 Å². The highest BCUT2D eigenvalue weighted by molar-refractivity contribution is 5.80. The molecule has 132 valence electrons. The molecule has 2 aliphatic heterocycles. The Kier molecular flexibility index (Phi) is 3.64. The van der Waals surface area contributed by atoms with E-state index in [9.17, 15) is 4.79 Å². The summed E-state index contributed by atoms with van der Waals surface area (Å²) in [5.74, 6) is 1.60. The SMILES string of the molecule is O=c1c2ccccc2cnn1CN1CCC[C@@H]1c1ccc2c(c1)OCO2. The first kappa shape index (κ1) is 15.4. The molecule has 0 amide bonds. The fourth-order valence-electron chi connectivity index (χ4n) is 3.89. The summed E-state index contributed by atoms with van der Waals surface area (Å²) in [7, 11) is 0. The molecule has 6 nitrogen and oxygen atoms in total. The second-order valence-electron chi connectivity index (χ2n) is 6.76. The van der Waals surface area contributed by atoms with Crippen LogP contribution in [0.15, 0.2) is 53.5 Å². The number of aromatic nitrogens is 2. The van der Waals surface area contributed by atoms with E-state index >= 15 is 0 Å².